The van der Waals surface area contributed by atoms with Crippen LogP contribution < -0.4 is 0 Å². The van der Waals surface area contributed by atoms with E-state index in [0.717, 1.165) is 0 Å². The highest BCUT2D eigenvalue weighted by Crippen LogP contribution is 2.17. The molecule has 1 aromatic rings. The molecule has 0 saturated carbocycles. The van der Waals surface area contributed by atoms with Gasteiger partial charge in [-0.25, -0.2) is 4.39 Å². The normalized spacial score (nSPS) is 12.1. The maximum atomic E-state index is 13.3. The number of benzene rings is 1. The topological polar surface area (TPSA) is 37.3 Å². The van der Waals surface area contributed by atoms with Crippen molar-refractivity contribution >= 4 is 5.97 Å². The second-order valence-electron chi connectivity index (χ2n) is 3.70. The highest BCUT2D eigenvalue weighted by atomic mass is 19.1. The van der Waals surface area contributed by atoms with Crippen LogP contribution in [0.1, 0.15) is 18.4 Å². The Hall–Kier alpha value is -1.64. The van der Waals surface area contributed by atoms with Gasteiger partial charge in [-0.15, -0.1) is 6.58 Å². The minimum Gasteiger partial charge on any atom is -0.481 e. The van der Waals surface area contributed by atoms with Crippen LogP contribution in [0.25, 0.3) is 0 Å². The summed E-state index contributed by atoms with van der Waals surface area (Å²) in [6.45, 7) is 3.55. The van der Waals surface area contributed by atoms with Gasteiger partial charge in [0.25, 0.3) is 0 Å². The third-order valence-corrected chi connectivity index (χ3v) is 2.49. The molecule has 0 heterocycles. The molecule has 0 fully saturated rings. The second kappa shape index (κ2) is 6.05. The average Bonchev–Trinajstić information content (AvgIpc) is 2.26. The molecule has 0 saturated heterocycles. The van der Waals surface area contributed by atoms with Crippen molar-refractivity contribution in [1.82, 2.24) is 0 Å². The molecule has 0 aliphatic heterocycles. The number of hydrogen-bond acceptors (Lipinski definition) is 1. The van der Waals surface area contributed by atoms with E-state index in [2.05, 4.69) is 6.58 Å². The molecule has 0 spiro atoms. The quantitative estimate of drug-likeness (QED) is 0.751. The van der Waals surface area contributed by atoms with Crippen LogP contribution in [0.15, 0.2) is 36.9 Å². The van der Waals surface area contributed by atoms with Gasteiger partial charge in [-0.2, -0.15) is 0 Å². The molecule has 86 valence electrons. The van der Waals surface area contributed by atoms with Crippen molar-refractivity contribution in [2.24, 2.45) is 5.92 Å². The summed E-state index contributed by atoms with van der Waals surface area (Å²) < 4.78 is 13.3. The summed E-state index contributed by atoms with van der Waals surface area (Å²) in [6, 6.07) is 6.28. The summed E-state index contributed by atoms with van der Waals surface area (Å²) in [5.74, 6) is -1.77. The van der Waals surface area contributed by atoms with Crippen LogP contribution in [-0.2, 0) is 11.2 Å². The minimum atomic E-state index is -0.884. The molecule has 0 radical (unpaired) electrons. The van der Waals surface area contributed by atoms with Crippen molar-refractivity contribution in [1.29, 1.82) is 0 Å². The fourth-order valence-electron chi connectivity index (χ4n) is 1.56. The van der Waals surface area contributed by atoms with Crippen LogP contribution in [0, 0.1) is 11.7 Å². The highest BCUT2D eigenvalue weighted by Gasteiger charge is 2.18. The Bertz CT molecular complexity index is 374. The fourth-order valence-corrected chi connectivity index (χ4v) is 1.56. The van der Waals surface area contributed by atoms with Gasteiger partial charge in [0.2, 0.25) is 0 Å². The first-order valence-electron chi connectivity index (χ1n) is 5.22. The van der Waals surface area contributed by atoms with Gasteiger partial charge in [0, 0.05) is 0 Å². The Morgan fingerprint density at radius 1 is 1.50 bits per heavy atom. The van der Waals surface area contributed by atoms with E-state index in [1.165, 1.54) is 6.07 Å². The second-order valence-corrected chi connectivity index (χ2v) is 3.70. The molecule has 0 aromatic heterocycles. The van der Waals surface area contributed by atoms with Crippen molar-refractivity contribution < 1.29 is 14.3 Å². The van der Waals surface area contributed by atoms with Crippen LogP contribution in [0.4, 0.5) is 4.39 Å². The standard InChI is InChI=1S/C13H15FO2/c1-2-3-6-11(13(15)16)9-10-7-4-5-8-12(10)14/h2,4-5,7-8,11H,1,3,6,9H2,(H,15,16). The first-order valence-corrected chi connectivity index (χ1v) is 5.22. The van der Waals surface area contributed by atoms with Gasteiger partial charge in [0.05, 0.1) is 5.92 Å². The summed E-state index contributed by atoms with van der Waals surface area (Å²) in [6.07, 6.45) is 3.03. The van der Waals surface area contributed by atoms with Gasteiger partial charge in [0.15, 0.2) is 0 Å². The minimum absolute atomic E-state index is 0.232. The zero-order valence-electron chi connectivity index (χ0n) is 9.03. The number of allylic oxidation sites excluding steroid dienone is 1. The number of carboxylic acids is 1. The molecule has 0 aliphatic rings. The average molecular weight is 222 g/mol. The van der Waals surface area contributed by atoms with Crippen LogP contribution in [-0.4, -0.2) is 11.1 Å². The SMILES string of the molecule is C=CCCC(Cc1ccccc1F)C(=O)O. The van der Waals surface area contributed by atoms with E-state index in [1.807, 2.05) is 0 Å². The van der Waals surface area contributed by atoms with Gasteiger partial charge in [-0.3, -0.25) is 4.79 Å². The number of rotatable bonds is 6. The first-order chi connectivity index (χ1) is 7.65. The lowest BCUT2D eigenvalue weighted by molar-refractivity contribution is -0.141. The number of aliphatic carboxylic acids is 1. The van der Waals surface area contributed by atoms with Crippen molar-refractivity contribution in [3.63, 3.8) is 0 Å². The van der Waals surface area contributed by atoms with E-state index in [9.17, 15) is 9.18 Å². The number of hydrogen-bond donors (Lipinski definition) is 1. The maximum absolute atomic E-state index is 13.3. The Morgan fingerprint density at radius 2 is 2.19 bits per heavy atom. The van der Waals surface area contributed by atoms with Crippen LogP contribution in [0.5, 0.6) is 0 Å². The molecule has 0 amide bonds. The molecule has 16 heavy (non-hydrogen) atoms. The van der Waals surface area contributed by atoms with Crippen LogP contribution in [0.3, 0.4) is 0 Å². The summed E-state index contributed by atoms with van der Waals surface area (Å²) in [4.78, 5) is 11.0. The van der Waals surface area contributed by atoms with E-state index in [0.29, 0.717) is 18.4 Å². The molecule has 1 atom stereocenters. The Labute approximate surface area is 94.4 Å². The summed E-state index contributed by atoms with van der Waals surface area (Å²) in [5.41, 5.74) is 0.457. The van der Waals surface area contributed by atoms with E-state index in [4.69, 9.17) is 5.11 Å². The Balaban J connectivity index is 2.71. The lowest BCUT2D eigenvalue weighted by atomic mass is 9.94. The summed E-state index contributed by atoms with van der Waals surface area (Å²) in [5, 5.41) is 9.00. The van der Waals surface area contributed by atoms with E-state index in [-0.39, 0.29) is 12.2 Å². The smallest absolute Gasteiger partial charge is 0.306 e. The first kappa shape index (κ1) is 12.4. The molecule has 1 rings (SSSR count). The van der Waals surface area contributed by atoms with Gasteiger partial charge in [-0.1, -0.05) is 24.3 Å². The van der Waals surface area contributed by atoms with Crippen molar-refractivity contribution in [2.45, 2.75) is 19.3 Å². The Morgan fingerprint density at radius 3 is 2.75 bits per heavy atom. The lowest BCUT2D eigenvalue weighted by Gasteiger charge is -2.11. The van der Waals surface area contributed by atoms with Gasteiger partial charge in [0.1, 0.15) is 5.82 Å². The molecule has 1 unspecified atom stereocenters. The molecule has 2 nitrogen and oxygen atoms in total. The lowest BCUT2D eigenvalue weighted by Crippen LogP contribution is -2.16. The van der Waals surface area contributed by atoms with Crippen molar-refractivity contribution in [3.8, 4) is 0 Å². The van der Waals surface area contributed by atoms with Crippen LogP contribution >= 0.6 is 0 Å². The fraction of sp³-hybridized carbons (Fsp3) is 0.308. The number of carbonyl (C=O) groups is 1. The van der Waals surface area contributed by atoms with Gasteiger partial charge in [-0.05, 0) is 30.9 Å². The third-order valence-electron chi connectivity index (χ3n) is 2.49. The zero-order chi connectivity index (χ0) is 12.0. The predicted molar refractivity (Wildman–Crippen MR) is 60.7 cm³/mol. The van der Waals surface area contributed by atoms with Crippen LogP contribution in [0.2, 0.25) is 0 Å². The predicted octanol–water partition coefficient (Wildman–Crippen LogP) is 3.04. The Kier molecular flexibility index (Phi) is 4.70. The van der Waals surface area contributed by atoms with Crippen molar-refractivity contribution in [3.05, 3.63) is 48.3 Å². The molecule has 0 aliphatic carbocycles. The van der Waals surface area contributed by atoms with E-state index in [1.54, 1.807) is 24.3 Å². The highest BCUT2D eigenvalue weighted by molar-refractivity contribution is 5.70. The molecule has 3 heteroatoms. The summed E-state index contributed by atoms with van der Waals surface area (Å²) in [7, 11) is 0. The number of halogens is 1. The molecular formula is C13H15FO2. The maximum Gasteiger partial charge on any atom is 0.306 e. The van der Waals surface area contributed by atoms with Gasteiger partial charge >= 0.3 is 5.97 Å². The van der Waals surface area contributed by atoms with E-state index >= 15 is 0 Å². The molecule has 1 aromatic carbocycles. The van der Waals surface area contributed by atoms with Crippen molar-refractivity contribution in [2.75, 3.05) is 0 Å². The third kappa shape index (κ3) is 3.50. The number of carboxylic acid groups (broad SMARTS) is 1. The zero-order valence-corrected chi connectivity index (χ0v) is 9.03. The molecule has 0 bridgehead atoms. The summed E-state index contributed by atoms with van der Waals surface area (Å²) >= 11 is 0. The monoisotopic (exact) mass is 222 g/mol. The molecule has 1 N–H and O–H groups in total. The molecular weight excluding hydrogens is 207 g/mol. The van der Waals surface area contributed by atoms with Gasteiger partial charge < -0.3 is 5.11 Å². The van der Waals surface area contributed by atoms with E-state index < -0.39 is 11.9 Å². The largest absolute Gasteiger partial charge is 0.481 e.